The molecule has 0 aliphatic rings. The van der Waals surface area contributed by atoms with Crippen LogP contribution in [-0.2, 0) is 6.54 Å². The van der Waals surface area contributed by atoms with Crippen molar-refractivity contribution in [3.8, 4) is 0 Å². The van der Waals surface area contributed by atoms with E-state index in [9.17, 15) is 0 Å². The average Bonchev–Trinajstić information content (AvgIpc) is 2.61. The first-order valence-electron chi connectivity index (χ1n) is 4.64. The normalized spacial score (nSPS) is 10.3. The van der Waals surface area contributed by atoms with Gasteiger partial charge in [-0.2, -0.15) is 0 Å². The molecule has 0 unspecified atom stereocenters. The Kier molecular flexibility index (Phi) is 3.38. The molecule has 1 N–H and O–H groups in total. The molecule has 0 radical (unpaired) electrons. The van der Waals surface area contributed by atoms with Crippen LogP contribution >= 0.6 is 27.3 Å². The van der Waals surface area contributed by atoms with Gasteiger partial charge in [0.05, 0.1) is 17.7 Å². The molecule has 0 bridgehead atoms. The van der Waals surface area contributed by atoms with E-state index in [0.29, 0.717) is 0 Å². The fourth-order valence-corrected chi connectivity index (χ4v) is 2.39. The Morgan fingerprint density at radius 1 is 1.47 bits per heavy atom. The van der Waals surface area contributed by atoms with E-state index in [2.05, 4.69) is 38.4 Å². The largest absolute Gasteiger partial charge is 0.380 e. The van der Waals surface area contributed by atoms with Gasteiger partial charge in [0.1, 0.15) is 0 Å². The molecule has 0 aliphatic carbocycles. The molecule has 0 saturated heterocycles. The molecule has 4 heteroatoms. The van der Waals surface area contributed by atoms with Crippen LogP contribution in [0.5, 0.6) is 0 Å². The SMILES string of the molecule is Cc1ncsc1CNc1cccc(Br)c1. The minimum Gasteiger partial charge on any atom is -0.380 e. The summed E-state index contributed by atoms with van der Waals surface area (Å²) in [6.45, 7) is 2.88. The van der Waals surface area contributed by atoms with Gasteiger partial charge in [-0.25, -0.2) is 4.98 Å². The second-order valence-electron chi connectivity index (χ2n) is 3.22. The Bertz CT molecular complexity index is 453. The summed E-state index contributed by atoms with van der Waals surface area (Å²) in [5.41, 5.74) is 4.12. The van der Waals surface area contributed by atoms with Crippen molar-refractivity contribution in [2.24, 2.45) is 0 Å². The van der Waals surface area contributed by atoms with Crippen LogP contribution in [0.15, 0.2) is 34.2 Å². The number of nitrogens with zero attached hydrogens (tertiary/aromatic N) is 1. The summed E-state index contributed by atoms with van der Waals surface area (Å²) in [6.07, 6.45) is 0. The van der Waals surface area contributed by atoms with Gasteiger partial charge < -0.3 is 5.32 Å². The van der Waals surface area contributed by atoms with E-state index >= 15 is 0 Å². The highest BCUT2D eigenvalue weighted by Gasteiger charge is 2.00. The molecule has 1 aromatic heterocycles. The van der Waals surface area contributed by atoms with Crippen molar-refractivity contribution in [2.75, 3.05) is 5.32 Å². The maximum absolute atomic E-state index is 4.22. The van der Waals surface area contributed by atoms with E-state index in [1.165, 1.54) is 4.88 Å². The van der Waals surface area contributed by atoms with Crippen molar-refractivity contribution < 1.29 is 0 Å². The number of rotatable bonds is 3. The topological polar surface area (TPSA) is 24.9 Å². The summed E-state index contributed by atoms with van der Waals surface area (Å²) in [4.78, 5) is 5.50. The van der Waals surface area contributed by atoms with Crippen LogP contribution in [-0.4, -0.2) is 4.98 Å². The summed E-state index contributed by atoms with van der Waals surface area (Å²) in [5, 5.41) is 3.37. The van der Waals surface area contributed by atoms with Gasteiger partial charge in [-0.1, -0.05) is 22.0 Å². The highest BCUT2D eigenvalue weighted by Crippen LogP contribution is 2.18. The van der Waals surface area contributed by atoms with Crippen LogP contribution in [0.4, 0.5) is 5.69 Å². The van der Waals surface area contributed by atoms with Crippen LogP contribution in [0.3, 0.4) is 0 Å². The minimum absolute atomic E-state index is 0.840. The number of thiazole rings is 1. The van der Waals surface area contributed by atoms with E-state index in [1.807, 2.05) is 24.6 Å². The quantitative estimate of drug-likeness (QED) is 0.926. The predicted molar refractivity (Wildman–Crippen MR) is 68.3 cm³/mol. The Hall–Kier alpha value is -0.870. The van der Waals surface area contributed by atoms with Gasteiger partial charge >= 0.3 is 0 Å². The highest BCUT2D eigenvalue weighted by atomic mass is 79.9. The van der Waals surface area contributed by atoms with Gasteiger partial charge in [0, 0.05) is 15.0 Å². The minimum atomic E-state index is 0.840. The Labute approximate surface area is 101 Å². The molecule has 2 rings (SSSR count). The fourth-order valence-electron chi connectivity index (χ4n) is 1.28. The lowest BCUT2D eigenvalue weighted by atomic mass is 10.3. The van der Waals surface area contributed by atoms with Crippen molar-refractivity contribution in [1.82, 2.24) is 4.98 Å². The van der Waals surface area contributed by atoms with Crippen LogP contribution < -0.4 is 5.32 Å². The number of benzene rings is 1. The van der Waals surface area contributed by atoms with E-state index in [1.54, 1.807) is 11.3 Å². The Morgan fingerprint density at radius 2 is 2.33 bits per heavy atom. The molecule has 0 fully saturated rings. The Balaban J connectivity index is 2.02. The van der Waals surface area contributed by atoms with Crippen molar-refractivity contribution >= 4 is 33.0 Å². The second-order valence-corrected chi connectivity index (χ2v) is 5.08. The molecule has 1 aromatic carbocycles. The zero-order valence-electron chi connectivity index (χ0n) is 8.33. The molecule has 78 valence electrons. The first kappa shape index (κ1) is 10.6. The van der Waals surface area contributed by atoms with Crippen LogP contribution in [0.1, 0.15) is 10.6 Å². The number of aryl methyl sites for hydroxylation is 1. The lowest BCUT2D eigenvalue weighted by molar-refractivity contribution is 1.12. The third-order valence-electron chi connectivity index (χ3n) is 2.12. The third-order valence-corrected chi connectivity index (χ3v) is 3.55. The summed E-state index contributed by atoms with van der Waals surface area (Å²) in [7, 11) is 0. The second kappa shape index (κ2) is 4.77. The number of hydrogen-bond acceptors (Lipinski definition) is 3. The average molecular weight is 283 g/mol. The monoisotopic (exact) mass is 282 g/mol. The first-order valence-corrected chi connectivity index (χ1v) is 6.31. The van der Waals surface area contributed by atoms with E-state index in [4.69, 9.17) is 0 Å². The zero-order chi connectivity index (χ0) is 10.7. The molecule has 15 heavy (non-hydrogen) atoms. The molecular weight excluding hydrogens is 272 g/mol. The van der Waals surface area contributed by atoms with E-state index in [-0.39, 0.29) is 0 Å². The maximum Gasteiger partial charge on any atom is 0.0798 e. The number of hydrogen-bond donors (Lipinski definition) is 1. The van der Waals surface area contributed by atoms with Gasteiger partial charge in [-0.3, -0.25) is 0 Å². The lowest BCUT2D eigenvalue weighted by Crippen LogP contribution is -1.98. The van der Waals surface area contributed by atoms with Crippen LogP contribution in [0.2, 0.25) is 0 Å². The zero-order valence-corrected chi connectivity index (χ0v) is 10.7. The van der Waals surface area contributed by atoms with Gasteiger partial charge in [0.15, 0.2) is 0 Å². The molecule has 1 heterocycles. The van der Waals surface area contributed by atoms with Gasteiger partial charge in [0.2, 0.25) is 0 Å². The lowest BCUT2D eigenvalue weighted by Gasteiger charge is -2.05. The van der Waals surface area contributed by atoms with Crippen molar-refractivity contribution in [3.63, 3.8) is 0 Å². The fraction of sp³-hybridized carbons (Fsp3) is 0.182. The first-order chi connectivity index (χ1) is 7.25. The molecule has 0 amide bonds. The standard InChI is InChI=1S/C11H11BrN2S/c1-8-11(15-7-14-8)6-13-10-4-2-3-9(12)5-10/h2-5,7,13H,6H2,1H3. The summed E-state index contributed by atoms with van der Waals surface area (Å²) in [6, 6.07) is 8.16. The molecular formula is C11H11BrN2S. The summed E-state index contributed by atoms with van der Waals surface area (Å²) < 4.78 is 1.09. The molecule has 2 aromatic rings. The Morgan fingerprint density at radius 3 is 3.00 bits per heavy atom. The highest BCUT2D eigenvalue weighted by molar-refractivity contribution is 9.10. The van der Waals surface area contributed by atoms with Gasteiger partial charge in [-0.15, -0.1) is 11.3 Å². The van der Waals surface area contributed by atoms with Gasteiger partial charge in [0.25, 0.3) is 0 Å². The van der Waals surface area contributed by atoms with Crippen molar-refractivity contribution in [2.45, 2.75) is 13.5 Å². The van der Waals surface area contributed by atoms with E-state index < -0.39 is 0 Å². The third kappa shape index (κ3) is 2.79. The van der Waals surface area contributed by atoms with Crippen LogP contribution in [0, 0.1) is 6.92 Å². The maximum atomic E-state index is 4.22. The molecule has 0 aliphatic heterocycles. The molecule has 0 spiro atoms. The number of anilines is 1. The predicted octanol–water partition coefficient (Wildman–Crippen LogP) is 3.83. The smallest absolute Gasteiger partial charge is 0.0798 e. The van der Waals surface area contributed by atoms with Crippen molar-refractivity contribution in [3.05, 3.63) is 44.8 Å². The molecule has 0 atom stereocenters. The van der Waals surface area contributed by atoms with Gasteiger partial charge in [-0.05, 0) is 25.1 Å². The molecule has 2 nitrogen and oxygen atoms in total. The molecule has 0 saturated carbocycles. The van der Waals surface area contributed by atoms with Crippen LogP contribution in [0.25, 0.3) is 0 Å². The summed E-state index contributed by atoms with van der Waals surface area (Å²) >= 11 is 5.13. The number of halogens is 1. The number of aromatic nitrogens is 1. The number of nitrogens with one attached hydrogen (secondary N) is 1. The summed E-state index contributed by atoms with van der Waals surface area (Å²) in [5.74, 6) is 0. The van der Waals surface area contributed by atoms with E-state index in [0.717, 1.165) is 22.4 Å². The van der Waals surface area contributed by atoms with Crippen molar-refractivity contribution in [1.29, 1.82) is 0 Å².